The van der Waals surface area contributed by atoms with Gasteiger partial charge in [0.05, 0.1) is 18.4 Å². The minimum atomic E-state index is -0.351. The molecule has 1 unspecified atom stereocenters. The molecule has 1 radical (unpaired) electrons. The van der Waals surface area contributed by atoms with Gasteiger partial charge in [0.2, 0.25) is 0 Å². The Balaban J connectivity index is 2.37. The summed E-state index contributed by atoms with van der Waals surface area (Å²) >= 11 is 0. The van der Waals surface area contributed by atoms with Gasteiger partial charge in [0.1, 0.15) is 0 Å². The standard InChI is InChI=1S/C9H13N2O2/c1-7-3-5-10-9(11-7)13-6-4-8(2)12/h5,8,12H,4,6H2,1-2H3. The summed E-state index contributed by atoms with van der Waals surface area (Å²) in [7, 11) is 0. The number of nitrogens with zero attached hydrogens (tertiary/aromatic N) is 2. The van der Waals surface area contributed by atoms with Crippen LogP contribution in [0, 0.1) is 13.0 Å². The molecule has 1 aromatic rings. The number of aryl methyl sites for hydroxylation is 1. The van der Waals surface area contributed by atoms with Crippen LogP contribution in [-0.4, -0.2) is 27.8 Å². The molecule has 0 aliphatic carbocycles. The summed E-state index contributed by atoms with van der Waals surface area (Å²) in [6.45, 7) is 3.97. The van der Waals surface area contributed by atoms with Gasteiger partial charge in [-0.1, -0.05) is 0 Å². The van der Waals surface area contributed by atoms with Crippen LogP contribution >= 0.6 is 0 Å². The van der Waals surface area contributed by atoms with Gasteiger partial charge in [-0.25, -0.2) is 4.98 Å². The Labute approximate surface area is 77.6 Å². The van der Waals surface area contributed by atoms with Gasteiger partial charge in [-0.05, 0) is 13.8 Å². The number of hydrogen-bond donors (Lipinski definition) is 1. The van der Waals surface area contributed by atoms with Crippen LogP contribution in [0.4, 0.5) is 0 Å². The van der Waals surface area contributed by atoms with Crippen molar-refractivity contribution >= 4 is 0 Å². The maximum Gasteiger partial charge on any atom is 0.316 e. The molecule has 0 amide bonds. The summed E-state index contributed by atoms with van der Waals surface area (Å²) in [4.78, 5) is 7.87. The second kappa shape index (κ2) is 4.77. The van der Waals surface area contributed by atoms with Crippen molar-refractivity contribution in [3.05, 3.63) is 18.0 Å². The molecule has 1 atom stereocenters. The zero-order valence-electron chi connectivity index (χ0n) is 7.82. The zero-order valence-corrected chi connectivity index (χ0v) is 7.82. The SMILES string of the molecule is Cc1[c]cnc(OCCC(C)O)n1. The molecular weight excluding hydrogens is 168 g/mol. The maximum absolute atomic E-state index is 8.96. The summed E-state index contributed by atoms with van der Waals surface area (Å²) in [5, 5.41) is 8.96. The van der Waals surface area contributed by atoms with Crippen LogP contribution in [-0.2, 0) is 0 Å². The average Bonchev–Trinajstić information content (AvgIpc) is 2.03. The fraction of sp³-hybridized carbons (Fsp3) is 0.556. The van der Waals surface area contributed by atoms with Gasteiger partial charge >= 0.3 is 6.01 Å². The van der Waals surface area contributed by atoms with Gasteiger partial charge in [-0.3, -0.25) is 0 Å². The third kappa shape index (κ3) is 3.85. The van der Waals surface area contributed by atoms with Crippen LogP contribution in [0.25, 0.3) is 0 Å². The molecule has 0 fully saturated rings. The first-order valence-electron chi connectivity index (χ1n) is 4.20. The van der Waals surface area contributed by atoms with E-state index in [4.69, 9.17) is 9.84 Å². The van der Waals surface area contributed by atoms with Crippen molar-refractivity contribution in [2.24, 2.45) is 0 Å². The molecule has 0 spiro atoms. The number of rotatable bonds is 4. The van der Waals surface area contributed by atoms with Crippen molar-refractivity contribution in [3.8, 4) is 6.01 Å². The quantitative estimate of drug-likeness (QED) is 0.744. The Morgan fingerprint density at radius 2 is 2.46 bits per heavy atom. The molecule has 1 N–H and O–H groups in total. The normalized spacial score (nSPS) is 12.5. The molecule has 0 aromatic carbocycles. The molecule has 4 heteroatoms. The van der Waals surface area contributed by atoms with E-state index in [-0.39, 0.29) is 6.10 Å². The molecule has 71 valence electrons. The van der Waals surface area contributed by atoms with Gasteiger partial charge in [0, 0.05) is 18.7 Å². The molecule has 0 bridgehead atoms. The molecule has 13 heavy (non-hydrogen) atoms. The third-order valence-electron chi connectivity index (χ3n) is 1.48. The largest absolute Gasteiger partial charge is 0.463 e. The highest BCUT2D eigenvalue weighted by Crippen LogP contribution is 2.02. The van der Waals surface area contributed by atoms with Crippen LogP contribution in [0.5, 0.6) is 6.01 Å². The fourth-order valence-corrected chi connectivity index (χ4v) is 0.776. The van der Waals surface area contributed by atoms with E-state index in [0.29, 0.717) is 19.0 Å². The van der Waals surface area contributed by atoms with E-state index in [1.807, 2.05) is 6.92 Å². The maximum atomic E-state index is 8.96. The number of hydrogen-bond acceptors (Lipinski definition) is 4. The van der Waals surface area contributed by atoms with Gasteiger partial charge < -0.3 is 9.84 Å². The second-order valence-electron chi connectivity index (χ2n) is 2.87. The molecular formula is C9H13N2O2. The van der Waals surface area contributed by atoms with E-state index in [1.54, 1.807) is 6.92 Å². The summed E-state index contributed by atoms with van der Waals surface area (Å²) in [6, 6.07) is 3.16. The highest BCUT2D eigenvalue weighted by molar-refractivity contribution is 5.01. The summed E-state index contributed by atoms with van der Waals surface area (Å²) in [5.74, 6) is 0. The predicted octanol–water partition coefficient (Wildman–Crippen LogP) is 0.735. The Kier molecular flexibility index (Phi) is 3.64. The highest BCUT2D eigenvalue weighted by atomic mass is 16.5. The number of aliphatic hydroxyl groups excluding tert-OH is 1. The lowest BCUT2D eigenvalue weighted by molar-refractivity contribution is 0.152. The number of ether oxygens (including phenoxy) is 1. The predicted molar refractivity (Wildman–Crippen MR) is 47.4 cm³/mol. The second-order valence-corrected chi connectivity index (χ2v) is 2.87. The van der Waals surface area contributed by atoms with Gasteiger partial charge in [-0.15, -0.1) is 0 Å². The van der Waals surface area contributed by atoms with E-state index in [0.717, 1.165) is 5.69 Å². The first-order chi connectivity index (χ1) is 6.18. The Bertz CT molecular complexity index is 264. The lowest BCUT2D eigenvalue weighted by Gasteiger charge is -2.05. The first kappa shape index (κ1) is 9.92. The van der Waals surface area contributed by atoms with Gasteiger partial charge in [0.15, 0.2) is 0 Å². The van der Waals surface area contributed by atoms with Crippen molar-refractivity contribution in [3.63, 3.8) is 0 Å². The van der Waals surface area contributed by atoms with Crippen LogP contribution < -0.4 is 4.74 Å². The topological polar surface area (TPSA) is 55.2 Å². The number of aromatic nitrogens is 2. The molecule has 0 saturated carbocycles. The molecule has 0 aliphatic rings. The summed E-state index contributed by atoms with van der Waals surface area (Å²) in [6.07, 6.45) is 1.76. The van der Waals surface area contributed by atoms with Crippen molar-refractivity contribution in [1.82, 2.24) is 9.97 Å². The van der Waals surface area contributed by atoms with Crippen LogP contribution in [0.3, 0.4) is 0 Å². The van der Waals surface area contributed by atoms with E-state index in [1.165, 1.54) is 6.20 Å². The van der Waals surface area contributed by atoms with Gasteiger partial charge in [0.25, 0.3) is 0 Å². The summed E-state index contributed by atoms with van der Waals surface area (Å²) < 4.78 is 5.20. The molecule has 0 saturated heterocycles. The average molecular weight is 181 g/mol. The van der Waals surface area contributed by atoms with E-state index in [2.05, 4.69) is 16.0 Å². The third-order valence-corrected chi connectivity index (χ3v) is 1.48. The highest BCUT2D eigenvalue weighted by Gasteiger charge is 1.99. The smallest absolute Gasteiger partial charge is 0.316 e. The molecule has 1 heterocycles. The van der Waals surface area contributed by atoms with Crippen molar-refractivity contribution in [2.45, 2.75) is 26.4 Å². The Morgan fingerprint density at radius 1 is 1.69 bits per heavy atom. The molecule has 1 aromatic heterocycles. The summed E-state index contributed by atoms with van der Waals surface area (Å²) in [5.41, 5.74) is 0.752. The minimum Gasteiger partial charge on any atom is -0.463 e. The number of aliphatic hydroxyl groups is 1. The Morgan fingerprint density at radius 3 is 3.08 bits per heavy atom. The van der Waals surface area contributed by atoms with Gasteiger partial charge in [-0.2, -0.15) is 4.98 Å². The molecule has 4 nitrogen and oxygen atoms in total. The lowest BCUT2D eigenvalue weighted by Crippen LogP contribution is -2.09. The molecule has 0 aliphatic heterocycles. The van der Waals surface area contributed by atoms with Crippen LogP contribution in [0.1, 0.15) is 19.0 Å². The lowest BCUT2D eigenvalue weighted by atomic mass is 10.3. The zero-order chi connectivity index (χ0) is 9.68. The van der Waals surface area contributed by atoms with E-state index >= 15 is 0 Å². The van der Waals surface area contributed by atoms with Crippen molar-refractivity contribution < 1.29 is 9.84 Å². The fourth-order valence-electron chi connectivity index (χ4n) is 0.776. The Hall–Kier alpha value is -1.16. The van der Waals surface area contributed by atoms with Crippen molar-refractivity contribution in [2.75, 3.05) is 6.61 Å². The monoisotopic (exact) mass is 181 g/mol. The van der Waals surface area contributed by atoms with Crippen LogP contribution in [0.15, 0.2) is 6.20 Å². The van der Waals surface area contributed by atoms with Crippen molar-refractivity contribution in [1.29, 1.82) is 0 Å². The minimum absolute atomic E-state index is 0.344. The molecule has 1 rings (SSSR count). The van der Waals surface area contributed by atoms with Crippen LogP contribution in [0.2, 0.25) is 0 Å². The van der Waals surface area contributed by atoms with E-state index in [9.17, 15) is 0 Å². The van der Waals surface area contributed by atoms with E-state index < -0.39 is 0 Å². The first-order valence-corrected chi connectivity index (χ1v) is 4.20.